The highest BCUT2D eigenvalue weighted by Crippen LogP contribution is 2.37. The van der Waals surface area contributed by atoms with Gasteiger partial charge in [-0.05, 0) is 39.7 Å². The molecule has 1 N–H and O–H groups in total. The number of ether oxygens (including phenoxy) is 3. The summed E-state index contributed by atoms with van der Waals surface area (Å²) in [6.07, 6.45) is 1.56. The van der Waals surface area contributed by atoms with Crippen molar-refractivity contribution in [2.75, 3.05) is 40.0 Å². The van der Waals surface area contributed by atoms with Crippen molar-refractivity contribution < 1.29 is 19.0 Å². The Morgan fingerprint density at radius 2 is 2.10 bits per heavy atom. The summed E-state index contributed by atoms with van der Waals surface area (Å²) in [5, 5.41) is 4.68. The van der Waals surface area contributed by atoms with Crippen LogP contribution in [-0.2, 0) is 16.1 Å². The fourth-order valence-electron chi connectivity index (χ4n) is 2.90. The molecule has 0 aromatic heterocycles. The van der Waals surface area contributed by atoms with E-state index in [9.17, 15) is 4.79 Å². The van der Waals surface area contributed by atoms with E-state index < -0.39 is 0 Å². The Balaban J connectivity index is 1.60. The Bertz CT molecular complexity index is 904. The van der Waals surface area contributed by atoms with Crippen molar-refractivity contribution in [3.05, 3.63) is 57.0 Å². The van der Waals surface area contributed by atoms with Gasteiger partial charge in [0.1, 0.15) is 6.61 Å². The van der Waals surface area contributed by atoms with Gasteiger partial charge in [-0.1, -0.05) is 29.8 Å². The topological polar surface area (TPSA) is 72.4 Å². The molecule has 9 heteroatoms. The number of benzene rings is 2. The van der Waals surface area contributed by atoms with Gasteiger partial charge in [0.05, 0.1) is 37.6 Å². The number of hydrazone groups is 1. The summed E-state index contributed by atoms with van der Waals surface area (Å²) in [4.78, 5) is 14.0. The van der Waals surface area contributed by atoms with Gasteiger partial charge >= 0.3 is 0 Å². The summed E-state index contributed by atoms with van der Waals surface area (Å²) in [5.74, 6) is 0.933. The van der Waals surface area contributed by atoms with Gasteiger partial charge in [0.25, 0.3) is 5.91 Å². The molecule has 0 bridgehead atoms. The molecular formula is C21H23BrClN3O4. The van der Waals surface area contributed by atoms with Crippen molar-refractivity contribution in [3.8, 4) is 11.5 Å². The summed E-state index contributed by atoms with van der Waals surface area (Å²) in [6, 6.07) is 11.1. The third-order valence-electron chi connectivity index (χ3n) is 4.46. The summed E-state index contributed by atoms with van der Waals surface area (Å²) < 4.78 is 17.4. The molecule has 1 fully saturated rings. The van der Waals surface area contributed by atoms with Gasteiger partial charge in [-0.3, -0.25) is 9.69 Å². The van der Waals surface area contributed by atoms with Gasteiger partial charge in [0, 0.05) is 23.7 Å². The van der Waals surface area contributed by atoms with Crippen molar-refractivity contribution in [1.82, 2.24) is 10.3 Å². The largest absolute Gasteiger partial charge is 0.493 e. The Kier molecular flexibility index (Phi) is 8.50. The van der Waals surface area contributed by atoms with Crippen LogP contribution in [0.4, 0.5) is 0 Å². The summed E-state index contributed by atoms with van der Waals surface area (Å²) >= 11 is 9.70. The molecule has 0 atom stereocenters. The van der Waals surface area contributed by atoms with E-state index in [1.165, 1.54) is 0 Å². The molecular weight excluding hydrogens is 474 g/mol. The average Bonchev–Trinajstić information content (AvgIpc) is 2.74. The summed E-state index contributed by atoms with van der Waals surface area (Å²) in [5.41, 5.74) is 4.17. The van der Waals surface area contributed by atoms with E-state index >= 15 is 0 Å². The third kappa shape index (κ3) is 6.43. The van der Waals surface area contributed by atoms with Gasteiger partial charge in [-0.25, -0.2) is 5.43 Å². The van der Waals surface area contributed by atoms with Gasteiger partial charge in [-0.15, -0.1) is 0 Å². The number of methoxy groups -OCH3 is 1. The molecule has 0 spiro atoms. The zero-order chi connectivity index (χ0) is 21.3. The Labute approximate surface area is 189 Å². The lowest BCUT2D eigenvalue weighted by Gasteiger charge is -2.25. The molecule has 1 amide bonds. The molecule has 7 nitrogen and oxygen atoms in total. The molecule has 2 aromatic carbocycles. The minimum absolute atomic E-state index is 0.168. The molecule has 1 aliphatic rings. The number of hydrogen-bond acceptors (Lipinski definition) is 6. The van der Waals surface area contributed by atoms with E-state index in [4.69, 9.17) is 25.8 Å². The molecule has 1 aliphatic heterocycles. The van der Waals surface area contributed by atoms with Crippen LogP contribution >= 0.6 is 27.5 Å². The second-order valence-electron chi connectivity index (χ2n) is 6.60. The predicted molar refractivity (Wildman–Crippen MR) is 119 cm³/mol. The normalized spacial score (nSPS) is 14.6. The SMILES string of the molecule is COc1cc(/C=N/NC(=O)CN2CCOCC2)cc(Br)c1OCc1ccccc1Cl. The first-order chi connectivity index (χ1) is 14.6. The average molecular weight is 497 g/mol. The summed E-state index contributed by atoms with van der Waals surface area (Å²) in [6.45, 7) is 3.39. The van der Waals surface area contributed by atoms with Crippen molar-refractivity contribution in [3.63, 3.8) is 0 Å². The van der Waals surface area contributed by atoms with E-state index in [2.05, 4.69) is 26.5 Å². The first kappa shape index (κ1) is 22.6. The van der Waals surface area contributed by atoms with Crippen LogP contribution in [0.5, 0.6) is 11.5 Å². The fourth-order valence-corrected chi connectivity index (χ4v) is 3.66. The van der Waals surface area contributed by atoms with Gasteiger partial charge < -0.3 is 14.2 Å². The highest BCUT2D eigenvalue weighted by atomic mass is 79.9. The van der Waals surface area contributed by atoms with E-state index in [-0.39, 0.29) is 5.91 Å². The standard InChI is InChI=1S/C21H23BrClN3O4/c1-28-19-11-15(12-24-25-20(27)13-26-6-8-29-9-7-26)10-17(22)21(19)30-14-16-4-2-3-5-18(16)23/h2-5,10-12H,6-9,13-14H2,1H3,(H,25,27)/b24-12+. The lowest BCUT2D eigenvalue weighted by Crippen LogP contribution is -2.42. The molecule has 1 heterocycles. The van der Waals surface area contributed by atoms with Crippen LogP contribution in [0.15, 0.2) is 46.0 Å². The predicted octanol–water partition coefficient (Wildman–Crippen LogP) is 3.47. The Morgan fingerprint density at radius 1 is 1.33 bits per heavy atom. The number of halogens is 2. The first-order valence-electron chi connectivity index (χ1n) is 9.42. The van der Waals surface area contributed by atoms with Gasteiger partial charge in [0.15, 0.2) is 11.5 Å². The third-order valence-corrected chi connectivity index (χ3v) is 5.41. The fraction of sp³-hybridized carbons (Fsp3) is 0.333. The smallest absolute Gasteiger partial charge is 0.254 e. The van der Waals surface area contributed by atoms with Gasteiger partial charge in [0.2, 0.25) is 0 Å². The zero-order valence-corrected chi connectivity index (χ0v) is 18.9. The molecule has 0 saturated carbocycles. The van der Waals surface area contributed by atoms with Crippen molar-refractivity contribution >= 4 is 39.7 Å². The van der Waals surface area contributed by atoms with Crippen molar-refractivity contribution in [2.45, 2.75) is 6.61 Å². The highest BCUT2D eigenvalue weighted by Gasteiger charge is 2.14. The molecule has 1 saturated heterocycles. The molecule has 30 heavy (non-hydrogen) atoms. The number of amides is 1. The monoisotopic (exact) mass is 495 g/mol. The van der Waals surface area contributed by atoms with Crippen molar-refractivity contribution in [2.24, 2.45) is 5.10 Å². The summed E-state index contributed by atoms with van der Waals surface area (Å²) in [7, 11) is 1.56. The van der Waals surface area contributed by atoms with Crippen LogP contribution < -0.4 is 14.9 Å². The first-order valence-corrected chi connectivity index (χ1v) is 10.6. The molecule has 160 valence electrons. The van der Waals surface area contributed by atoms with E-state index in [0.717, 1.165) is 24.2 Å². The lowest BCUT2D eigenvalue weighted by atomic mass is 10.2. The van der Waals surface area contributed by atoms with Crippen LogP contribution in [0.3, 0.4) is 0 Å². The maximum absolute atomic E-state index is 12.0. The van der Waals surface area contributed by atoms with E-state index in [0.29, 0.717) is 47.4 Å². The Morgan fingerprint density at radius 3 is 2.83 bits per heavy atom. The minimum atomic E-state index is -0.168. The van der Waals surface area contributed by atoms with Crippen LogP contribution in [0.1, 0.15) is 11.1 Å². The van der Waals surface area contributed by atoms with E-state index in [1.807, 2.05) is 35.2 Å². The number of morpholine rings is 1. The number of carbonyl (C=O) groups is 1. The van der Waals surface area contributed by atoms with Crippen LogP contribution in [0.2, 0.25) is 5.02 Å². The quantitative estimate of drug-likeness (QED) is 0.448. The number of carbonyl (C=O) groups excluding carboxylic acids is 1. The van der Waals surface area contributed by atoms with Crippen LogP contribution in [-0.4, -0.2) is 57.0 Å². The second-order valence-corrected chi connectivity index (χ2v) is 7.86. The zero-order valence-electron chi connectivity index (χ0n) is 16.6. The van der Waals surface area contributed by atoms with Crippen molar-refractivity contribution in [1.29, 1.82) is 0 Å². The van der Waals surface area contributed by atoms with Crippen LogP contribution in [0.25, 0.3) is 0 Å². The Hall–Kier alpha value is -2.13. The number of rotatable bonds is 8. The molecule has 0 aliphatic carbocycles. The van der Waals surface area contributed by atoms with E-state index in [1.54, 1.807) is 19.4 Å². The highest BCUT2D eigenvalue weighted by molar-refractivity contribution is 9.10. The second kappa shape index (κ2) is 11.3. The number of nitrogens with one attached hydrogen (secondary N) is 1. The lowest BCUT2D eigenvalue weighted by molar-refractivity contribution is -0.123. The van der Waals surface area contributed by atoms with Crippen LogP contribution in [0, 0.1) is 0 Å². The number of nitrogens with zero attached hydrogens (tertiary/aromatic N) is 2. The minimum Gasteiger partial charge on any atom is -0.493 e. The molecule has 3 rings (SSSR count). The molecule has 0 unspecified atom stereocenters. The molecule has 0 radical (unpaired) electrons. The maximum Gasteiger partial charge on any atom is 0.254 e. The maximum atomic E-state index is 12.0. The number of hydrogen-bond donors (Lipinski definition) is 1. The molecule has 2 aromatic rings. The van der Waals surface area contributed by atoms with Gasteiger partial charge in [-0.2, -0.15) is 5.10 Å².